The normalized spacial score (nSPS) is 15.7. The van der Waals surface area contributed by atoms with Crippen LogP contribution in [0.3, 0.4) is 0 Å². The maximum absolute atomic E-state index is 13.6. The zero-order valence-corrected chi connectivity index (χ0v) is 11.1. The molecule has 0 bridgehead atoms. The smallest absolute Gasteiger partial charge is 0.257 e. The molecule has 0 spiro atoms. The van der Waals surface area contributed by atoms with E-state index in [9.17, 15) is 9.18 Å². The van der Waals surface area contributed by atoms with E-state index in [-0.39, 0.29) is 11.5 Å². The fourth-order valence-electron chi connectivity index (χ4n) is 1.92. The Morgan fingerprint density at radius 3 is 2.94 bits per heavy atom. The molecule has 0 saturated heterocycles. The van der Waals surface area contributed by atoms with Crippen LogP contribution in [-0.4, -0.2) is 23.9 Å². The van der Waals surface area contributed by atoms with Crippen molar-refractivity contribution in [1.82, 2.24) is 4.90 Å². The van der Waals surface area contributed by atoms with Crippen LogP contribution in [0.5, 0.6) is 0 Å². The number of amides is 1. The summed E-state index contributed by atoms with van der Waals surface area (Å²) in [6.07, 6.45) is 2.95. The lowest BCUT2D eigenvalue weighted by Gasteiger charge is -2.26. The van der Waals surface area contributed by atoms with Gasteiger partial charge in [0.25, 0.3) is 5.91 Å². The van der Waals surface area contributed by atoms with Gasteiger partial charge < -0.3 is 4.90 Å². The number of halogens is 2. The summed E-state index contributed by atoms with van der Waals surface area (Å²) in [5.41, 5.74) is 1.29. The molecule has 0 aliphatic carbocycles. The highest BCUT2D eigenvalue weighted by Crippen LogP contribution is 2.19. The van der Waals surface area contributed by atoms with Gasteiger partial charge in [-0.3, -0.25) is 4.79 Å². The molecule has 90 valence electrons. The maximum Gasteiger partial charge on any atom is 0.257 e. The fraction of sp³-hybridized carbons (Fsp3) is 0.308. The van der Waals surface area contributed by atoms with Crippen LogP contribution in [0.2, 0.25) is 0 Å². The zero-order chi connectivity index (χ0) is 12.4. The standard InChI is InChI=1S/C13H13BrFNO/c1-9-3-2-6-16(8-9)13(17)11-7-10(14)4-5-12(11)15/h3-5,7H,2,6,8H2,1H3. The van der Waals surface area contributed by atoms with Gasteiger partial charge in [0.05, 0.1) is 5.56 Å². The average molecular weight is 298 g/mol. The summed E-state index contributed by atoms with van der Waals surface area (Å²) in [7, 11) is 0. The molecule has 2 nitrogen and oxygen atoms in total. The molecule has 17 heavy (non-hydrogen) atoms. The Morgan fingerprint density at radius 2 is 2.24 bits per heavy atom. The van der Waals surface area contributed by atoms with Crippen molar-refractivity contribution in [2.45, 2.75) is 13.3 Å². The van der Waals surface area contributed by atoms with E-state index in [1.165, 1.54) is 12.1 Å². The molecule has 1 heterocycles. The summed E-state index contributed by atoms with van der Waals surface area (Å²) < 4.78 is 14.3. The minimum absolute atomic E-state index is 0.133. The van der Waals surface area contributed by atoms with Crippen molar-refractivity contribution in [1.29, 1.82) is 0 Å². The van der Waals surface area contributed by atoms with Crippen molar-refractivity contribution in [2.75, 3.05) is 13.1 Å². The first-order valence-electron chi connectivity index (χ1n) is 5.48. The second-order valence-electron chi connectivity index (χ2n) is 4.19. The molecule has 0 unspecified atom stereocenters. The summed E-state index contributed by atoms with van der Waals surface area (Å²) in [6.45, 7) is 3.23. The Balaban J connectivity index is 2.25. The van der Waals surface area contributed by atoms with E-state index in [0.717, 1.165) is 12.0 Å². The Kier molecular flexibility index (Phi) is 3.62. The van der Waals surface area contributed by atoms with Gasteiger partial charge in [0.15, 0.2) is 0 Å². The highest BCUT2D eigenvalue weighted by molar-refractivity contribution is 9.10. The molecule has 0 N–H and O–H groups in total. The van der Waals surface area contributed by atoms with E-state index in [4.69, 9.17) is 0 Å². The van der Waals surface area contributed by atoms with Gasteiger partial charge >= 0.3 is 0 Å². The first kappa shape index (κ1) is 12.3. The van der Waals surface area contributed by atoms with Crippen LogP contribution in [0.25, 0.3) is 0 Å². The maximum atomic E-state index is 13.6. The molecule has 1 aromatic carbocycles. The lowest BCUT2D eigenvalue weighted by Crippen LogP contribution is -2.35. The van der Waals surface area contributed by atoms with Gasteiger partial charge in [-0.05, 0) is 31.5 Å². The topological polar surface area (TPSA) is 20.3 Å². The number of hydrogen-bond donors (Lipinski definition) is 0. The van der Waals surface area contributed by atoms with Crippen molar-refractivity contribution in [3.05, 3.63) is 45.7 Å². The Bertz CT molecular complexity index is 484. The van der Waals surface area contributed by atoms with Crippen molar-refractivity contribution in [3.63, 3.8) is 0 Å². The van der Waals surface area contributed by atoms with Crippen molar-refractivity contribution < 1.29 is 9.18 Å². The van der Waals surface area contributed by atoms with Crippen LogP contribution < -0.4 is 0 Å². The first-order valence-corrected chi connectivity index (χ1v) is 6.27. The van der Waals surface area contributed by atoms with Gasteiger partial charge in [0.2, 0.25) is 0 Å². The van der Waals surface area contributed by atoms with Gasteiger partial charge in [0, 0.05) is 17.6 Å². The molecule has 0 aromatic heterocycles. The zero-order valence-electron chi connectivity index (χ0n) is 9.54. The number of benzene rings is 1. The molecule has 4 heteroatoms. The van der Waals surface area contributed by atoms with Gasteiger partial charge in [0.1, 0.15) is 5.82 Å². The third-order valence-electron chi connectivity index (χ3n) is 2.78. The molecule has 0 fully saturated rings. The molecule has 0 saturated carbocycles. The van der Waals surface area contributed by atoms with Crippen LogP contribution in [0.4, 0.5) is 4.39 Å². The quantitative estimate of drug-likeness (QED) is 0.728. The highest BCUT2D eigenvalue weighted by atomic mass is 79.9. The summed E-state index contributed by atoms with van der Waals surface area (Å²) >= 11 is 3.25. The van der Waals surface area contributed by atoms with Crippen LogP contribution in [0.1, 0.15) is 23.7 Å². The second-order valence-corrected chi connectivity index (χ2v) is 5.11. The molecular formula is C13H13BrFNO. The summed E-state index contributed by atoms with van der Waals surface area (Å²) in [6, 6.07) is 4.43. The SMILES string of the molecule is CC1=CCCN(C(=O)c2cc(Br)ccc2F)C1. The fourth-order valence-corrected chi connectivity index (χ4v) is 2.28. The minimum atomic E-state index is -0.467. The lowest BCUT2D eigenvalue weighted by molar-refractivity contribution is 0.0761. The second kappa shape index (κ2) is 5.00. The largest absolute Gasteiger partial charge is 0.334 e. The van der Waals surface area contributed by atoms with Gasteiger partial charge in [-0.1, -0.05) is 27.6 Å². The molecule has 0 atom stereocenters. The molecule has 1 aliphatic rings. The summed E-state index contributed by atoms with van der Waals surface area (Å²) in [5, 5.41) is 0. The molecule has 0 radical (unpaired) electrons. The Morgan fingerprint density at radius 1 is 1.47 bits per heavy atom. The van der Waals surface area contributed by atoms with E-state index in [2.05, 4.69) is 22.0 Å². The molecule has 1 aromatic rings. The summed E-state index contributed by atoms with van der Waals surface area (Å²) in [5.74, 6) is -0.707. The van der Waals surface area contributed by atoms with Crippen molar-refractivity contribution >= 4 is 21.8 Å². The van der Waals surface area contributed by atoms with Crippen molar-refractivity contribution in [3.8, 4) is 0 Å². The molecular weight excluding hydrogens is 285 g/mol. The van der Waals surface area contributed by atoms with E-state index in [1.54, 1.807) is 11.0 Å². The first-order chi connectivity index (χ1) is 8.08. The minimum Gasteiger partial charge on any atom is -0.334 e. The highest BCUT2D eigenvalue weighted by Gasteiger charge is 2.21. The van der Waals surface area contributed by atoms with Gasteiger partial charge in [-0.25, -0.2) is 4.39 Å². The number of carbonyl (C=O) groups excluding carboxylic acids is 1. The van der Waals surface area contributed by atoms with Crippen LogP contribution in [0, 0.1) is 5.82 Å². The van der Waals surface area contributed by atoms with E-state index < -0.39 is 5.82 Å². The predicted molar refractivity (Wildman–Crippen MR) is 68.4 cm³/mol. The van der Waals surface area contributed by atoms with Crippen LogP contribution >= 0.6 is 15.9 Å². The Hall–Kier alpha value is -1.16. The molecule has 2 rings (SSSR count). The van der Waals surface area contributed by atoms with Crippen molar-refractivity contribution in [2.24, 2.45) is 0 Å². The number of hydrogen-bond acceptors (Lipinski definition) is 1. The van der Waals surface area contributed by atoms with Crippen LogP contribution in [0.15, 0.2) is 34.3 Å². The van der Waals surface area contributed by atoms with E-state index in [1.807, 2.05) is 6.92 Å². The molecule has 1 amide bonds. The monoisotopic (exact) mass is 297 g/mol. The Labute approximate surface area is 108 Å². The number of nitrogens with zero attached hydrogens (tertiary/aromatic N) is 1. The molecule has 1 aliphatic heterocycles. The summed E-state index contributed by atoms with van der Waals surface area (Å²) in [4.78, 5) is 13.8. The van der Waals surface area contributed by atoms with E-state index >= 15 is 0 Å². The predicted octanol–water partition coefficient (Wildman–Crippen LogP) is 3.38. The average Bonchev–Trinajstić information content (AvgIpc) is 2.31. The number of rotatable bonds is 1. The van der Waals surface area contributed by atoms with Gasteiger partial charge in [-0.2, -0.15) is 0 Å². The lowest BCUT2D eigenvalue weighted by atomic mass is 10.1. The third kappa shape index (κ3) is 2.75. The number of carbonyl (C=O) groups is 1. The van der Waals surface area contributed by atoms with E-state index in [0.29, 0.717) is 17.6 Å². The van der Waals surface area contributed by atoms with Gasteiger partial charge in [-0.15, -0.1) is 0 Å². The van der Waals surface area contributed by atoms with Crippen LogP contribution in [-0.2, 0) is 0 Å². The third-order valence-corrected chi connectivity index (χ3v) is 3.27.